The van der Waals surface area contributed by atoms with E-state index in [9.17, 15) is 0 Å². The molecule has 0 bridgehead atoms. The van der Waals surface area contributed by atoms with Gasteiger partial charge < -0.3 is 24.4 Å². The largest absolute Gasteiger partial charge is 0.497 e. The Bertz CT molecular complexity index is 706. The topological polar surface area (TPSA) is 43.0 Å². The monoisotopic (exact) mass is 344 g/mol. The number of thiocarbonyl (C=S) groups is 1. The third-order valence-corrected chi connectivity index (χ3v) is 4.15. The minimum atomic E-state index is -0.0690. The molecule has 1 aliphatic heterocycles. The van der Waals surface area contributed by atoms with E-state index in [0.717, 1.165) is 22.9 Å². The summed E-state index contributed by atoms with van der Waals surface area (Å²) in [6, 6.07) is 15.3. The zero-order valence-electron chi connectivity index (χ0n) is 13.7. The van der Waals surface area contributed by atoms with E-state index in [1.807, 2.05) is 60.5 Å². The maximum Gasteiger partial charge on any atom is 0.173 e. The molecular formula is C18H20N2O3S. The van der Waals surface area contributed by atoms with E-state index < -0.39 is 0 Å². The van der Waals surface area contributed by atoms with Crippen LogP contribution in [0.2, 0.25) is 0 Å². The Hall–Kier alpha value is -2.47. The zero-order chi connectivity index (χ0) is 16.9. The van der Waals surface area contributed by atoms with Crippen LogP contribution in [0.5, 0.6) is 17.2 Å². The molecule has 0 aliphatic carbocycles. The molecule has 1 heterocycles. The van der Waals surface area contributed by atoms with Gasteiger partial charge in [0.05, 0.1) is 13.7 Å². The Kier molecular flexibility index (Phi) is 5.05. The molecule has 0 amide bonds. The van der Waals surface area contributed by atoms with Crippen LogP contribution in [-0.4, -0.2) is 43.4 Å². The summed E-state index contributed by atoms with van der Waals surface area (Å²) in [5, 5.41) is 3.83. The number of fused-ring (bicyclic) bond motifs is 1. The molecule has 2 aromatic carbocycles. The summed E-state index contributed by atoms with van der Waals surface area (Å²) in [6.07, 6.45) is -0.0690. The smallest absolute Gasteiger partial charge is 0.173 e. The molecular weight excluding hydrogens is 324 g/mol. The fourth-order valence-electron chi connectivity index (χ4n) is 2.43. The molecule has 3 rings (SSSR count). The number of para-hydroxylation sites is 2. The normalized spacial score (nSPS) is 15.5. The summed E-state index contributed by atoms with van der Waals surface area (Å²) in [4.78, 5) is 1.95. The lowest BCUT2D eigenvalue weighted by atomic mass is 10.2. The molecule has 0 fully saturated rings. The SMILES string of the molecule is COc1ccc(NC(=S)N(C)C[C@@H]2COc3ccccc3O2)cc1. The van der Waals surface area contributed by atoms with E-state index in [0.29, 0.717) is 18.3 Å². The van der Waals surface area contributed by atoms with E-state index in [4.69, 9.17) is 26.4 Å². The number of likely N-dealkylation sites (N-methyl/N-ethyl adjacent to an activating group) is 1. The van der Waals surface area contributed by atoms with Gasteiger partial charge in [-0.3, -0.25) is 0 Å². The van der Waals surface area contributed by atoms with Crippen molar-refractivity contribution in [2.45, 2.75) is 6.10 Å². The van der Waals surface area contributed by atoms with Gasteiger partial charge in [0, 0.05) is 12.7 Å². The van der Waals surface area contributed by atoms with Gasteiger partial charge in [-0.1, -0.05) is 12.1 Å². The Balaban J connectivity index is 1.54. The van der Waals surface area contributed by atoms with Crippen molar-refractivity contribution in [1.82, 2.24) is 4.90 Å². The summed E-state index contributed by atoms with van der Waals surface area (Å²) in [5.74, 6) is 2.37. The van der Waals surface area contributed by atoms with Crippen molar-refractivity contribution in [3.8, 4) is 17.2 Å². The first-order chi connectivity index (χ1) is 11.7. The van der Waals surface area contributed by atoms with Crippen LogP contribution in [0.3, 0.4) is 0 Å². The fourth-order valence-corrected chi connectivity index (χ4v) is 2.63. The predicted molar refractivity (Wildman–Crippen MR) is 98.2 cm³/mol. The number of hydrogen-bond donors (Lipinski definition) is 1. The first-order valence-corrected chi connectivity index (χ1v) is 8.11. The van der Waals surface area contributed by atoms with Crippen LogP contribution in [0.4, 0.5) is 5.69 Å². The molecule has 6 heteroatoms. The fraction of sp³-hybridized carbons (Fsp3) is 0.278. The molecule has 0 unspecified atom stereocenters. The van der Waals surface area contributed by atoms with Crippen molar-refractivity contribution in [3.63, 3.8) is 0 Å². The highest BCUT2D eigenvalue weighted by Crippen LogP contribution is 2.31. The maximum absolute atomic E-state index is 5.96. The third kappa shape index (κ3) is 3.89. The summed E-state index contributed by atoms with van der Waals surface area (Å²) >= 11 is 5.45. The standard InChI is InChI=1S/C18H20N2O3S/c1-20(18(24)19-13-7-9-14(21-2)10-8-13)11-15-12-22-16-5-3-4-6-17(16)23-15/h3-10,15H,11-12H2,1-2H3,(H,19,24)/t15-/m1/s1. The van der Waals surface area contributed by atoms with E-state index in [1.54, 1.807) is 7.11 Å². The molecule has 24 heavy (non-hydrogen) atoms. The molecule has 126 valence electrons. The second kappa shape index (κ2) is 7.40. The lowest BCUT2D eigenvalue weighted by Gasteiger charge is -2.30. The number of nitrogens with one attached hydrogen (secondary N) is 1. The van der Waals surface area contributed by atoms with Crippen molar-refractivity contribution in [1.29, 1.82) is 0 Å². The number of ether oxygens (including phenoxy) is 3. The second-order valence-electron chi connectivity index (χ2n) is 5.54. The van der Waals surface area contributed by atoms with Crippen molar-refractivity contribution in [3.05, 3.63) is 48.5 Å². The Labute approximate surface area is 147 Å². The van der Waals surface area contributed by atoms with Crippen LogP contribution in [-0.2, 0) is 0 Å². The van der Waals surface area contributed by atoms with Crippen LogP contribution in [0, 0.1) is 0 Å². The lowest BCUT2D eigenvalue weighted by Crippen LogP contribution is -2.43. The van der Waals surface area contributed by atoms with Crippen LogP contribution in [0.15, 0.2) is 48.5 Å². The van der Waals surface area contributed by atoms with Gasteiger partial charge in [0.25, 0.3) is 0 Å². The molecule has 0 saturated carbocycles. The average Bonchev–Trinajstić information content (AvgIpc) is 2.62. The van der Waals surface area contributed by atoms with E-state index in [2.05, 4.69) is 5.32 Å². The Morgan fingerprint density at radius 3 is 2.62 bits per heavy atom. The number of rotatable bonds is 4. The van der Waals surface area contributed by atoms with Crippen molar-refractivity contribution >= 4 is 23.0 Å². The van der Waals surface area contributed by atoms with Crippen LogP contribution < -0.4 is 19.5 Å². The number of methoxy groups -OCH3 is 1. The van der Waals surface area contributed by atoms with Crippen molar-refractivity contribution < 1.29 is 14.2 Å². The van der Waals surface area contributed by atoms with Gasteiger partial charge in [-0.15, -0.1) is 0 Å². The summed E-state index contributed by atoms with van der Waals surface area (Å²) in [5.41, 5.74) is 0.916. The molecule has 0 aromatic heterocycles. The molecule has 1 N–H and O–H groups in total. The molecule has 0 saturated heterocycles. The highest BCUT2D eigenvalue weighted by Gasteiger charge is 2.22. The minimum Gasteiger partial charge on any atom is -0.497 e. The number of nitrogens with zero attached hydrogens (tertiary/aromatic N) is 1. The zero-order valence-corrected chi connectivity index (χ0v) is 14.5. The average molecular weight is 344 g/mol. The first-order valence-electron chi connectivity index (χ1n) is 7.70. The molecule has 0 radical (unpaired) electrons. The quantitative estimate of drug-likeness (QED) is 0.860. The molecule has 0 spiro atoms. The summed E-state index contributed by atoms with van der Waals surface area (Å²) < 4.78 is 16.8. The number of benzene rings is 2. The highest BCUT2D eigenvalue weighted by molar-refractivity contribution is 7.80. The Morgan fingerprint density at radius 1 is 1.21 bits per heavy atom. The number of anilines is 1. The van der Waals surface area contributed by atoms with Gasteiger partial charge in [-0.05, 0) is 48.6 Å². The van der Waals surface area contributed by atoms with Crippen molar-refractivity contribution in [2.24, 2.45) is 0 Å². The third-order valence-electron chi connectivity index (χ3n) is 3.73. The van der Waals surface area contributed by atoms with Gasteiger partial charge >= 0.3 is 0 Å². The lowest BCUT2D eigenvalue weighted by molar-refractivity contribution is 0.0784. The van der Waals surface area contributed by atoms with Gasteiger partial charge in [0.1, 0.15) is 12.4 Å². The number of hydrogen-bond acceptors (Lipinski definition) is 4. The summed E-state index contributed by atoms with van der Waals surface area (Å²) in [6.45, 7) is 1.14. The van der Waals surface area contributed by atoms with Crippen LogP contribution >= 0.6 is 12.2 Å². The molecule has 1 atom stereocenters. The van der Waals surface area contributed by atoms with Crippen LogP contribution in [0.25, 0.3) is 0 Å². The maximum atomic E-state index is 5.96. The van der Waals surface area contributed by atoms with E-state index in [1.165, 1.54) is 0 Å². The first kappa shape index (κ1) is 16.4. The van der Waals surface area contributed by atoms with Gasteiger partial charge in [0.2, 0.25) is 0 Å². The predicted octanol–water partition coefficient (Wildman–Crippen LogP) is 3.16. The Morgan fingerprint density at radius 2 is 1.92 bits per heavy atom. The minimum absolute atomic E-state index is 0.0690. The molecule has 1 aliphatic rings. The van der Waals surface area contributed by atoms with E-state index >= 15 is 0 Å². The van der Waals surface area contributed by atoms with Gasteiger partial charge in [-0.2, -0.15) is 0 Å². The highest BCUT2D eigenvalue weighted by atomic mass is 32.1. The van der Waals surface area contributed by atoms with Gasteiger partial charge in [-0.25, -0.2) is 0 Å². The van der Waals surface area contributed by atoms with Gasteiger partial charge in [0.15, 0.2) is 22.7 Å². The second-order valence-corrected chi connectivity index (χ2v) is 5.92. The van der Waals surface area contributed by atoms with Crippen molar-refractivity contribution in [2.75, 3.05) is 32.6 Å². The van der Waals surface area contributed by atoms with Crippen LogP contribution in [0.1, 0.15) is 0 Å². The van der Waals surface area contributed by atoms with E-state index in [-0.39, 0.29) is 6.10 Å². The molecule has 2 aromatic rings. The summed E-state index contributed by atoms with van der Waals surface area (Å²) in [7, 11) is 3.58. The molecule has 5 nitrogen and oxygen atoms in total.